The monoisotopic (exact) mass is 437 g/mol. The molecule has 31 heavy (non-hydrogen) atoms. The van der Waals surface area contributed by atoms with Gasteiger partial charge in [0.15, 0.2) is 0 Å². The summed E-state index contributed by atoms with van der Waals surface area (Å²) in [4.78, 5) is 25.0. The Labute approximate surface area is 185 Å². The van der Waals surface area contributed by atoms with Crippen molar-refractivity contribution < 1.29 is 13.6 Å². The summed E-state index contributed by atoms with van der Waals surface area (Å²) < 4.78 is 11.5. The Bertz CT molecular complexity index is 1360. The molecular formula is C25H24ClNO4. The maximum atomic E-state index is 12.7. The lowest BCUT2D eigenvalue weighted by Crippen LogP contribution is -2.24. The van der Waals surface area contributed by atoms with Crippen LogP contribution in [0.2, 0.25) is 5.02 Å². The van der Waals surface area contributed by atoms with Crippen LogP contribution < -0.4 is 10.9 Å². The van der Waals surface area contributed by atoms with E-state index in [-0.39, 0.29) is 12.3 Å². The predicted molar refractivity (Wildman–Crippen MR) is 123 cm³/mol. The average molecular weight is 438 g/mol. The second kappa shape index (κ2) is 8.23. The average Bonchev–Trinajstić information content (AvgIpc) is 3.03. The summed E-state index contributed by atoms with van der Waals surface area (Å²) in [6.07, 6.45) is 0.521. The Hall–Kier alpha value is -3.05. The van der Waals surface area contributed by atoms with Crippen LogP contribution in [-0.2, 0) is 17.8 Å². The molecule has 0 aliphatic rings. The zero-order valence-electron chi connectivity index (χ0n) is 18.0. The highest BCUT2D eigenvalue weighted by Crippen LogP contribution is 2.34. The highest BCUT2D eigenvalue weighted by Gasteiger charge is 2.19. The third-order valence-electron chi connectivity index (χ3n) is 5.95. The van der Waals surface area contributed by atoms with E-state index in [9.17, 15) is 9.59 Å². The quantitative estimate of drug-likeness (QED) is 0.408. The first kappa shape index (κ1) is 21.2. The summed E-state index contributed by atoms with van der Waals surface area (Å²) in [6, 6.07) is 9.33. The van der Waals surface area contributed by atoms with Crippen LogP contribution >= 0.6 is 11.6 Å². The van der Waals surface area contributed by atoms with Crippen LogP contribution in [0.1, 0.15) is 40.0 Å². The first-order chi connectivity index (χ1) is 14.8. The smallest absolute Gasteiger partial charge is 0.339 e. The maximum absolute atomic E-state index is 12.7. The molecule has 6 heteroatoms. The highest BCUT2D eigenvalue weighted by atomic mass is 35.5. The summed E-state index contributed by atoms with van der Waals surface area (Å²) in [5.41, 5.74) is 5.12. The van der Waals surface area contributed by atoms with Crippen molar-refractivity contribution in [3.8, 4) is 0 Å². The van der Waals surface area contributed by atoms with Crippen molar-refractivity contribution in [3.63, 3.8) is 0 Å². The summed E-state index contributed by atoms with van der Waals surface area (Å²) in [5, 5.41) is 5.43. The minimum absolute atomic E-state index is 0.123. The summed E-state index contributed by atoms with van der Waals surface area (Å²) in [6.45, 7) is 8.17. The zero-order chi connectivity index (χ0) is 22.3. The van der Waals surface area contributed by atoms with Crippen LogP contribution in [0.5, 0.6) is 0 Å². The summed E-state index contributed by atoms with van der Waals surface area (Å²) in [7, 11) is 0. The molecule has 4 rings (SSSR count). The molecule has 2 aromatic heterocycles. The molecule has 0 atom stereocenters. The van der Waals surface area contributed by atoms with Crippen molar-refractivity contribution in [2.75, 3.05) is 0 Å². The van der Waals surface area contributed by atoms with Gasteiger partial charge < -0.3 is 14.2 Å². The van der Waals surface area contributed by atoms with Gasteiger partial charge in [-0.25, -0.2) is 4.79 Å². The van der Waals surface area contributed by atoms with Crippen molar-refractivity contribution >= 4 is 39.4 Å². The van der Waals surface area contributed by atoms with Crippen LogP contribution in [0, 0.1) is 27.7 Å². The first-order valence-corrected chi connectivity index (χ1v) is 10.6. The summed E-state index contributed by atoms with van der Waals surface area (Å²) in [5.74, 6) is 0.729. The van der Waals surface area contributed by atoms with E-state index in [0.29, 0.717) is 29.1 Å². The number of rotatable bonds is 5. The van der Waals surface area contributed by atoms with Gasteiger partial charge in [0.25, 0.3) is 0 Å². The zero-order valence-corrected chi connectivity index (χ0v) is 18.8. The van der Waals surface area contributed by atoms with E-state index in [4.69, 9.17) is 20.4 Å². The van der Waals surface area contributed by atoms with Gasteiger partial charge in [-0.15, -0.1) is 0 Å². The molecule has 2 heterocycles. The summed E-state index contributed by atoms with van der Waals surface area (Å²) >= 11 is 5.88. The number of amides is 1. The van der Waals surface area contributed by atoms with Gasteiger partial charge in [-0.1, -0.05) is 23.7 Å². The maximum Gasteiger partial charge on any atom is 0.339 e. The third kappa shape index (κ3) is 3.98. The Morgan fingerprint density at radius 1 is 0.935 bits per heavy atom. The van der Waals surface area contributed by atoms with Gasteiger partial charge in [-0.3, -0.25) is 4.79 Å². The van der Waals surface area contributed by atoms with Gasteiger partial charge in [0, 0.05) is 39.9 Å². The van der Waals surface area contributed by atoms with Crippen LogP contribution in [-0.4, -0.2) is 5.91 Å². The molecule has 0 fully saturated rings. The third-order valence-corrected chi connectivity index (χ3v) is 6.20. The highest BCUT2D eigenvalue weighted by molar-refractivity contribution is 6.30. The van der Waals surface area contributed by atoms with E-state index in [0.717, 1.165) is 44.4 Å². The van der Waals surface area contributed by atoms with E-state index in [1.807, 2.05) is 45.9 Å². The molecule has 0 radical (unpaired) electrons. The van der Waals surface area contributed by atoms with E-state index < -0.39 is 5.63 Å². The first-order valence-electron chi connectivity index (χ1n) is 10.2. The predicted octanol–water partition coefficient (Wildman–Crippen LogP) is 5.68. The van der Waals surface area contributed by atoms with Gasteiger partial charge in [0.1, 0.15) is 16.9 Å². The molecule has 0 spiro atoms. The van der Waals surface area contributed by atoms with Crippen molar-refractivity contribution in [2.24, 2.45) is 0 Å². The molecule has 4 aromatic rings. The van der Waals surface area contributed by atoms with Crippen molar-refractivity contribution in [1.29, 1.82) is 0 Å². The Morgan fingerprint density at radius 2 is 1.58 bits per heavy atom. The number of carbonyl (C=O) groups is 1. The SMILES string of the molecule is Cc1oc2c(C)c3oc(=O)c(CCC(=O)NCc4ccc(Cl)cc4)c(C)c3cc2c1C. The number of aryl methyl sites for hydroxylation is 4. The number of hydrogen-bond acceptors (Lipinski definition) is 4. The number of benzene rings is 2. The van der Waals surface area contributed by atoms with Gasteiger partial charge >= 0.3 is 5.63 Å². The Morgan fingerprint density at radius 3 is 2.29 bits per heavy atom. The second-order valence-electron chi connectivity index (χ2n) is 7.93. The molecule has 0 unspecified atom stereocenters. The molecule has 5 nitrogen and oxygen atoms in total. The lowest BCUT2D eigenvalue weighted by molar-refractivity contribution is -0.121. The number of fused-ring (bicyclic) bond motifs is 2. The van der Waals surface area contributed by atoms with Crippen molar-refractivity contribution in [2.45, 2.75) is 47.1 Å². The van der Waals surface area contributed by atoms with Gasteiger partial charge in [0.05, 0.1) is 0 Å². The largest absolute Gasteiger partial charge is 0.461 e. The minimum Gasteiger partial charge on any atom is -0.461 e. The molecule has 0 saturated carbocycles. The molecule has 1 N–H and O–H groups in total. The second-order valence-corrected chi connectivity index (χ2v) is 8.37. The normalized spacial score (nSPS) is 11.4. The van der Waals surface area contributed by atoms with E-state index in [1.165, 1.54) is 0 Å². The van der Waals surface area contributed by atoms with Gasteiger partial charge in [0.2, 0.25) is 5.91 Å². The lowest BCUT2D eigenvalue weighted by Gasteiger charge is -2.10. The van der Waals surface area contributed by atoms with E-state index >= 15 is 0 Å². The fourth-order valence-electron chi connectivity index (χ4n) is 3.91. The molecule has 0 bridgehead atoms. The molecular weight excluding hydrogens is 414 g/mol. The molecule has 0 saturated heterocycles. The fraction of sp³-hybridized carbons (Fsp3) is 0.280. The Balaban J connectivity index is 1.58. The van der Waals surface area contributed by atoms with Gasteiger partial charge in [-0.2, -0.15) is 0 Å². The van der Waals surface area contributed by atoms with Crippen LogP contribution in [0.3, 0.4) is 0 Å². The number of furan rings is 1. The van der Waals surface area contributed by atoms with Crippen LogP contribution in [0.4, 0.5) is 0 Å². The molecule has 160 valence electrons. The minimum atomic E-state index is -0.405. The fourth-order valence-corrected chi connectivity index (χ4v) is 4.04. The van der Waals surface area contributed by atoms with Crippen molar-refractivity contribution in [1.82, 2.24) is 5.32 Å². The van der Waals surface area contributed by atoms with Gasteiger partial charge in [-0.05, 0) is 69.0 Å². The lowest BCUT2D eigenvalue weighted by atomic mass is 9.98. The van der Waals surface area contributed by atoms with Crippen LogP contribution in [0.15, 0.2) is 44.0 Å². The van der Waals surface area contributed by atoms with E-state index in [2.05, 4.69) is 5.32 Å². The van der Waals surface area contributed by atoms with Crippen LogP contribution in [0.25, 0.3) is 21.9 Å². The number of halogens is 1. The standard InChI is InChI=1S/C25H24ClNO4/c1-13-16(4)30-23-15(3)24-21(11-20(13)23)14(2)19(25(29)31-24)9-10-22(28)27-12-17-5-7-18(26)8-6-17/h5-8,11H,9-10,12H2,1-4H3,(H,27,28). The van der Waals surface area contributed by atoms with Crippen molar-refractivity contribution in [3.05, 3.63) is 79.4 Å². The molecule has 0 aliphatic carbocycles. The molecule has 0 aliphatic heterocycles. The number of nitrogens with one attached hydrogen (secondary N) is 1. The number of hydrogen-bond donors (Lipinski definition) is 1. The molecule has 1 amide bonds. The van der Waals surface area contributed by atoms with E-state index in [1.54, 1.807) is 12.1 Å². The topological polar surface area (TPSA) is 72.5 Å². The Kier molecular flexibility index (Phi) is 5.63. The number of carbonyl (C=O) groups excluding carboxylic acids is 1. The molecule has 2 aromatic carbocycles.